The molecule has 0 bridgehead atoms. The maximum atomic E-state index is 13.3. The first-order valence-electron chi connectivity index (χ1n) is 9.70. The summed E-state index contributed by atoms with van der Waals surface area (Å²) in [6.45, 7) is 14.1. The van der Waals surface area contributed by atoms with Crippen molar-refractivity contribution in [1.82, 2.24) is 10.2 Å². The predicted octanol–water partition coefficient (Wildman–Crippen LogP) is 3.91. The molecule has 1 atom stereocenters. The van der Waals surface area contributed by atoms with Crippen LogP contribution in [0.15, 0.2) is 35.9 Å². The summed E-state index contributed by atoms with van der Waals surface area (Å²) >= 11 is 0. The van der Waals surface area contributed by atoms with Gasteiger partial charge in [0, 0.05) is 32.3 Å². The van der Waals surface area contributed by atoms with E-state index in [4.69, 9.17) is 4.74 Å². The zero-order valence-corrected chi connectivity index (χ0v) is 17.4. The standard InChI is InChI=1S/C22H35FN2O2/c1-6-27-14-13-25(12-11-24-17-26)21(15-18(2)3)16-22(4,5)19-7-9-20(23)10-8-19/h7-10,15,17,21H,6,11-14,16H2,1-5H3,(H,24,26). The van der Waals surface area contributed by atoms with Crippen molar-refractivity contribution in [2.45, 2.75) is 52.5 Å². The van der Waals surface area contributed by atoms with Gasteiger partial charge in [-0.2, -0.15) is 0 Å². The molecule has 27 heavy (non-hydrogen) atoms. The van der Waals surface area contributed by atoms with Gasteiger partial charge in [-0.05, 0) is 50.3 Å². The molecule has 1 rings (SSSR count). The Balaban J connectivity index is 3.01. The monoisotopic (exact) mass is 378 g/mol. The van der Waals surface area contributed by atoms with Crippen molar-refractivity contribution >= 4 is 6.41 Å². The van der Waals surface area contributed by atoms with Gasteiger partial charge in [0.05, 0.1) is 6.61 Å². The lowest BCUT2D eigenvalue weighted by atomic mass is 9.78. The maximum absolute atomic E-state index is 13.3. The number of nitrogens with zero attached hydrogens (tertiary/aromatic N) is 1. The summed E-state index contributed by atoms with van der Waals surface area (Å²) in [6, 6.07) is 6.98. The molecule has 5 heteroatoms. The minimum Gasteiger partial charge on any atom is -0.380 e. The Morgan fingerprint density at radius 2 is 1.93 bits per heavy atom. The molecule has 0 spiro atoms. The molecular formula is C22H35FN2O2. The number of halogens is 1. The number of hydrogen-bond acceptors (Lipinski definition) is 3. The van der Waals surface area contributed by atoms with E-state index < -0.39 is 0 Å². The topological polar surface area (TPSA) is 41.6 Å². The van der Waals surface area contributed by atoms with Crippen LogP contribution in [0.2, 0.25) is 0 Å². The summed E-state index contributed by atoms with van der Waals surface area (Å²) in [5.41, 5.74) is 2.25. The van der Waals surface area contributed by atoms with E-state index in [0.717, 1.165) is 31.5 Å². The van der Waals surface area contributed by atoms with Gasteiger partial charge in [0.2, 0.25) is 6.41 Å². The van der Waals surface area contributed by atoms with Gasteiger partial charge < -0.3 is 10.1 Å². The Bertz CT molecular complexity index is 580. The number of carbonyl (C=O) groups is 1. The number of carbonyl (C=O) groups excluding carboxylic acids is 1. The highest BCUT2D eigenvalue weighted by molar-refractivity contribution is 5.45. The molecule has 0 saturated carbocycles. The molecule has 4 nitrogen and oxygen atoms in total. The Morgan fingerprint density at radius 1 is 1.26 bits per heavy atom. The quantitative estimate of drug-likeness (QED) is 0.321. The first-order valence-corrected chi connectivity index (χ1v) is 9.70. The van der Waals surface area contributed by atoms with E-state index in [1.807, 2.05) is 19.1 Å². The van der Waals surface area contributed by atoms with Gasteiger partial charge in [0.1, 0.15) is 5.82 Å². The van der Waals surface area contributed by atoms with E-state index >= 15 is 0 Å². The fraction of sp³-hybridized carbons (Fsp3) is 0.591. The van der Waals surface area contributed by atoms with Crippen LogP contribution >= 0.6 is 0 Å². The summed E-state index contributed by atoms with van der Waals surface area (Å²) in [5.74, 6) is -0.214. The van der Waals surface area contributed by atoms with E-state index in [1.165, 1.54) is 17.7 Å². The lowest BCUT2D eigenvalue weighted by Crippen LogP contribution is -2.43. The number of amides is 1. The smallest absolute Gasteiger partial charge is 0.207 e. The maximum Gasteiger partial charge on any atom is 0.207 e. The number of nitrogens with one attached hydrogen (secondary N) is 1. The number of hydrogen-bond donors (Lipinski definition) is 1. The minimum atomic E-state index is -0.214. The highest BCUT2D eigenvalue weighted by Crippen LogP contribution is 2.31. The van der Waals surface area contributed by atoms with Crippen molar-refractivity contribution in [1.29, 1.82) is 0 Å². The Hall–Kier alpha value is -1.72. The van der Waals surface area contributed by atoms with Gasteiger partial charge in [-0.25, -0.2) is 4.39 Å². The first kappa shape index (κ1) is 23.3. The number of benzene rings is 1. The van der Waals surface area contributed by atoms with Gasteiger partial charge in [0.15, 0.2) is 0 Å². The SMILES string of the molecule is CCOCCN(CCNC=O)C(C=C(C)C)CC(C)(C)c1ccc(F)cc1. The number of rotatable bonds is 13. The van der Waals surface area contributed by atoms with Gasteiger partial charge in [-0.1, -0.05) is 37.6 Å². The van der Waals surface area contributed by atoms with Crippen molar-refractivity contribution in [3.63, 3.8) is 0 Å². The largest absolute Gasteiger partial charge is 0.380 e. The van der Waals surface area contributed by atoms with E-state index in [1.54, 1.807) is 0 Å². The van der Waals surface area contributed by atoms with Gasteiger partial charge in [-0.15, -0.1) is 0 Å². The third-order valence-corrected chi connectivity index (χ3v) is 4.69. The van der Waals surface area contributed by atoms with E-state index in [-0.39, 0.29) is 17.3 Å². The van der Waals surface area contributed by atoms with Crippen LogP contribution in [0.25, 0.3) is 0 Å². The highest BCUT2D eigenvalue weighted by atomic mass is 19.1. The summed E-state index contributed by atoms with van der Waals surface area (Å²) < 4.78 is 18.9. The van der Waals surface area contributed by atoms with Gasteiger partial charge in [0.25, 0.3) is 0 Å². The Morgan fingerprint density at radius 3 is 2.48 bits per heavy atom. The molecule has 152 valence electrons. The molecule has 0 radical (unpaired) electrons. The fourth-order valence-corrected chi connectivity index (χ4v) is 3.26. The van der Waals surface area contributed by atoms with Crippen molar-refractivity contribution < 1.29 is 13.9 Å². The van der Waals surface area contributed by atoms with Crippen molar-refractivity contribution in [2.75, 3.05) is 32.8 Å². The molecule has 1 unspecified atom stereocenters. The van der Waals surface area contributed by atoms with E-state index in [0.29, 0.717) is 19.8 Å². The van der Waals surface area contributed by atoms with Crippen LogP contribution in [-0.4, -0.2) is 50.2 Å². The second kappa shape index (κ2) is 11.9. The normalized spacial score (nSPS) is 12.7. The summed E-state index contributed by atoms with van der Waals surface area (Å²) in [4.78, 5) is 13.0. The van der Waals surface area contributed by atoms with E-state index in [2.05, 4.69) is 44.0 Å². The molecule has 0 aliphatic rings. The zero-order chi connectivity index (χ0) is 20.3. The molecule has 0 aliphatic heterocycles. The molecule has 1 aromatic carbocycles. The summed E-state index contributed by atoms with van der Waals surface area (Å²) in [7, 11) is 0. The number of allylic oxidation sites excluding steroid dienone is 1. The Labute approximate surface area is 163 Å². The van der Waals surface area contributed by atoms with E-state index in [9.17, 15) is 9.18 Å². The molecule has 0 aliphatic carbocycles. The van der Waals surface area contributed by atoms with Crippen LogP contribution in [0.3, 0.4) is 0 Å². The van der Waals surface area contributed by atoms with Crippen molar-refractivity contribution in [3.05, 3.63) is 47.3 Å². The minimum absolute atomic E-state index is 0.119. The lowest BCUT2D eigenvalue weighted by Gasteiger charge is -2.36. The molecule has 0 saturated heterocycles. The van der Waals surface area contributed by atoms with Crippen LogP contribution < -0.4 is 5.32 Å². The molecule has 0 fully saturated rings. The van der Waals surface area contributed by atoms with Crippen LogP contribution in [0.1, 0.15) is 46.6 Å². The lowest BCUT2D eigenvalue weighted by molar-refractivity contribution is -0.109. The molecule has 0 heterocycles. The van der Waals surface area contributed by atoms with Gasteiger partial charge in [-0.3, -0.25) is 9.69 Å². The van der Waals surface area contributed by atoms with Gasteiger partial charge >= 0.3 is 0 Å². The fourth-order valence-electron chi connectivity index (χ4n) is 3.26. The Kier molecular flexibility index (Phi) is 10.3. The van der Waals surface area contributed by atoms with Crippen molar-refractivity contribution in [3.8, 4) is 0 Å². The third kappa shape index (κ3) is 8.67. The molecule has 1 N–H and O–H groups in total. The summed E-state index contributed by atoms with van der Waals surface area (Å²) in [6.07, 6.45) is 3.90. The second-order valence-corrected chi connectivity index (χ2v) is 7.71. The molecule has 1 amide bonds. The highest BCUT2D eigenvalue weighted by Gasteiger charge is 2.27. The molecule has 1 aromatic rings. The van der Waals surface area contributed by atoms with Crippen LogP contribution in [0.4, 0.5) is 4.39 Å². The number of ether oxygens (including phenoxy) is 1. The predicted molar refractivity (Wildman–Crippen MR) is 109 cm³/mol. The van der Waals surface area contributed by atoms with Crippen molar-refractivity contribution in [2.24, 2.45) is 0 Å². The average molecular weight is 379 g/mol. The van der Waals surface area contributed by atoms with Crippen LogP contribution in [-0.2, 0) is 14.9 Å². The van der Waals surface area contributed by atoms with Crippen LogP contribution in [0, 0.1) is 5.82 Å². The molecule has 0 aromatic heterocycles. The molecular weight excluding hydrogens is 343 g/mol. The average Bonchev–Trinajstić information content (AvgIpc) is 2.60. The summed E-state index contributed by atoms with van der Waals surface area (Å²) in [5, 5.41) is 2.75. The van der Waals surface area contributed by atoms with Crippen LogP contribution in [0.5, 0.6) is 0 Å². The second-order valence-electron chi connectivity index (χ2n) is 7.71. The third-order valence-electron chi connectivity index (χ3n) is 4.69. The zero-order valence-electron chi connectivity index (χ0n) is 17.4. The first-order chi connectivity index (χ1) is 12.8.